The van der Waals surface area contributed by atoms with Crippen molar-refractivity contribution in [3.8, 4) is 0 Å². The number of fused-ring (bicyclic) bond motifs is 4. The normalized spacial score (nSPS) is 30.7. The van der Waals surface area contributed by atoms with Crippen molar-refractivity contribution in [1.82, 2.24) is 73.1 Å². The first-order valence-corrected chi connectivity index (χ1v) is 35.5. The molecule has 0 spiro atoms. The summed E-state index contributed by atoms with van der Waals surface area (Å²) >= 11 is 0. The molecule has 0 radical (unpaired) electrons. The molecule has 21 N–H and O–H groups in total. The monoisotopic (exact) mass is 1490 g/mol. The summed E-state index contributed by atoms with van der Waals surface area (Å²) in [5.74, 6) is -2.40. The van der Waals surface area contributed by atoms with Crippen LogP contribution < -0.4 is 44.2 Å². The molecule has 21 atom stereocenters. The van der Waals surface area contributed by atoms with Crippen molar-refractivity contribution in [2.75, 3.05) is 56.5 Å². The number of imidazole rings is 4. The van der Waals surface area contributed by atoms with E-state index in [1.165, 1.54) is 22.5 Å². The highest BCUT2D eigenvalue weighted by Crippen LogP contribution is 2.68. The second kappa shape index (κ2) is 26.5. The zero-order valence-electron chi connectivity index (χ0n) is 49.7. The van der Waals surface area contributed by atoms with E-state index in [2.05, 4.69) is 63.4 Å². The number of nitrogens with one attached hydrogen (secondary N) is 3. The lowest BCUT2D eigenvalue weighted by atomic mass is 10.1. The number of phosphoric ester groups is 4. The second-order valence-electron chi connectivity index (χ2n) is 22.1. The lowest BCUT2D eigenvalue weighted by molar-refractivity contribution is -0.646. The third-order valence-corrected chi connectivity index (χ3v) is 22.0. The van der Waals surface area contributed by atoms with E-state index in [9.17, 15) is 87.2 Å². The number of aromatic nitrogens is 16. The first kappa shape index (κ1) is 70.9. The number of nitrogen functional groups attached to an aromatic ring is 4. The van der Waals surface area contributed by atoms with Crippen LogP contribution in [0.25, 0.3) is 44.7 Å². The van der Waals surface area contributed by atoms with Gasteiger partial charge in [0.1, 0.15) is 72.9 Å². The highest BCUT2D eigenvalue weighted by atomic mass is 31.3. The molecule has 98 heavy (non-hydrogen) atoms. The number of methoxy groups -OCH3 is 1. The fourth-order valence-corrected chi connectivity index (χ4v) is 17.0. The SMILES string of the molecule is CO[C@H]1C(OP(=O)(O)OC[C@H]2O[C@@H](n3cnc4c(=O)[nH]c(N)nc43)[C@@H](O)C2OP(=O)(O)OC[C@H]2C[C@@H](n3cnc4c(=O)[nH]c(N)nc43)[C@@H](O)C2O)[C@@H](COP(=O)(O)OP(=O)(O)OP(=O)(O)OC[C@H]2O[C@@H](n3c[n+](C)c4c(=O)[nH]c(N)nc43)[C@@H](O)C2O)O[C@H]1n1cnc2c(N)ncnc21. The highest BCUT2D eigenvalue weighted by Gasteiger charge is 2.56. The van der Waals surface area contributed by atoms with Gasteiger partial charge >= 0.3 is 44.7 Å². The number of phosphoric acid groups is 5. The van der Waals surface area contributed by atoms with Crippen molar-refractivity contribution in [3.63, 3.8) is 0 Å². The maximum Gasteiger partial charge on any atom is 0.490 e. The number of rotatable bonds is 25. The molecule has 534 valence electrons. The Hall–Kier alpha value is -6.93. The molecule has 12 rings (SSSR count). The van der Waals surface area contributed by atoms with Gasteiger partial charge in [0.25, 0.3) is 22.3 Å². The molecular weight excluding hydrogens is 1430 g/mol. The van der Waals surface area contributed by atoms with E-state index in [4.69, 9.17) is 69.0 Å². The van der Waals surface area contributed by atoms with Crippen LogP contribution in [0.5, 0.6) is 0 Å². The number of nitrogens with zero attached hydrogens (tertiary/aromatic N) is 13. The van der Waals surface area contributed by atoms with Crippen LogP contribution in [0.4, 0.5) is 23.7 Å². The van der Waals surface area contributed by atoms with Crippen LogP contribution in [0, 0.1) is 5.92 Å². The molecule has 50 nitrogen and oxygen atoms in total. The van der Waals surface area contributed by atoms with Gasteiger partial charge in [0.15, 0.2) is 46.2 Å². The smallest absolute Gasteiger partial charge is 0.390 e. The van der Waals surface area contributed by atoms with Gasteiger partial charge in [0.2, 0.25) is 30.4 Å². The lowest BCUT2D eigenvalue weighted by Crippen LogP contribution is -2.38. The fourth-order valence-electron chi connectivity index (χ4n) is 11.5. The van der Waals surface area contributed by atoms with Gasteiger partial charge in [-0.25, -0.2) is 52.3 Å². The predicted molar refractivity (Wildman–Crippen MR) is 315 cm³/mol. The molecule has 4 fully saturated rings. The van der Waals surface area contributed by atoms with Gasteiger partial charge in [0.05, 0.1) is 64.6 Å². The summed E-state index contributed by atoms with van der Waals surface area (Å²) in [5.41, 5.74) is 19.7. The topological polar surface area (TPSA) is 728 Å². The first-order chi connectivity index (χ1) is 46.0. The van der Waals surface area contributed by atoms with Gasteiger partial charge in [-0.2, -0.15) is 28.1 Å². The summed E-state index contributed by atoms with van der Waals surface area (Å²) < 4.78 is 137. The summed E-state index contributed by atoms with van der Waals surface area (Å²) in [7, 11) is -27.2. The van der Waals surface area contributed by atoms with Gasteiger partial charge < -0.3 is 96.4 Å². The average molecular weight is 1490 g/mol. The number of H-pyrrole nitrogens is 3. The van der Waals surface area contributed by atoms with E-state index in [1.54, 1.807) is 0 Å². The highest BCUT2D eigenvalue weighted by molar-refractivity contribution is 7.66. The van der Waals surface area contributed by atoms with Crippen molar-refractivity contribution >= 4 is 107 Å². The van der Waals surface area contributed by atoms with Crippen molar-refractivity contribution in [2.45, 2.75) is 98.3 Å². The number of nitrogens with two attached hydrogens (primary N) is 4. The van der Waals surface area contributed by atoms with Crippen LogP contribution >= 0.6 is 39.1 Å². The molecule has 0 bridgehead atoms. The molecule has 3 saturated heterocycles. The standard InChI is InChI=1S/C43H57N20O30P5/c1-59-12-63(34-21(59)37(71)58-43(47)55-34)38-25(67)24(66)15(87-38)5-85-96(76,77)92-98(80,81)93-97(78,79)86-7-17-28(29(82-2)40(89-17)61-10-50-18-30(44)48-8-49-31(18)61)91-95(74,75)84-6-16-27(26(68)39(88-16)62-11-52-20-33(62)54-42(46)57-36(20)70)90-94(72,73)83-4-13-3-14(23(65)22(13)64)60-9-51-19-32(60)53-41(45)56-35(19)69/h8-17,22-29,38-40,64-68H,3-7H2,1-2H3,(H15-,44,45,46,47,48,49,53,54,55,56,57,58,69,70,71,72,73,74,75,76,77,78,79,80,81)/p+1/t13-,14-,15-,16-,17-,22?,23-,24?,25+,26+,27?,28?,29+,38-,39-,40-/m1/s1. The number of hydrogen-bond acceptors (Lipinski definition) is 37. The molecule has 9 unspecified atom stereocenters. The summed E-state index contributed by atoms with van der Waals surface area (Å²) in [6.07, 6.45) is -20.6. The Balaban J connectivity index is 0.740. The molecule has 8 aromatic rings. The molecule has 1 saturated carbocycles. The number of aliphatic hydroxyl groups excluding tert-OH is 5. The number of aromatic amines is 3. The van der Waals surface area contributed by atoms with Gasteiger partial charge in [-0.1, -0.05) is 0 Å². The molecule has 55 heteroatoms. The molecule has 3 aliphatic heterocycles. The van der Waals surface area contributed by atoms with Crippen LogP contribution in [-0.2, 0) is 84.6 Å². The van der Waals surface area contributed by atoms with Crippen molar-refractivity contribution in [2.24, 2.45) is 13.0 Å². The van der Waals surface area contributed by atoms with Crippen LogP contribution in [-0.4, -0.2) is 224 Å². The quantitative estimate of drug-likeness (QED) is 0.0187. The van der Waals surface area contributed by atoms with E-state index < -0.39 is 186 Å². The van der Waals surface area contributed by atoms with Crippen molar-refractivity contribution < 1.29 is 132 Å². The van der Waals surface area contributed by atoms with Gasteiger partial charge in [-0.3, -0.25) is 65.6 Å². The zero-order chi connectivity index (χ0) is 70.6. The van der Waals surface area contributed by atoms with E-state index in [-0.39, 0.29) is 68.8 Å². The third kappa shape index (κ3) is 14.0. The minimum atomic E-state index is -6.32. The minimum Gasteiger partial charge on any atom is -0.390 e. The third-order valence-electron chi connectivity index (χ3n) is 15.8. The van der Waals surface area contributed by atoms with Crippen LogP contribution in [0.2, 0.25) is 0 Å². The lowest BCUT2D eigenvalue weighted by Gasteiger charge is -2.27. The molecule has 8 aromatic heterocycles. The van der Waals surface area contributed by atoms with Crippen molar-refractivity contribution in [1.29, 1.82) is 0 Å². The zero-order valence-corrected chi connectivity index (χ0v) is 54.1. The molecule has 4 aliphatic rings. The van der Waals surface area contributed by atoms with E-state index in [0.717, 1.165) is 46.1 Å². The maximum atomic E-state index is 14.3. The fraction of sp³-hybridized carbons (Fsp3) is 0.535. The predicted octanol–water partition coefficient (Wildman–Crippen LogP) is -5.57. The van der Waals surface area contributed by atoms with Crippen LogP contribution in [0.3, 0.4) is 0 Å². The Labute approximate surface area is 541 Å². The van der Waals surface area contributed by atoms with Gasteiger partial charge in [0, 0.05) is 13.0 Å². The molecular formula is C43H58N20O30P5+. The second-order valence-corrected chi connectivity index (χ2v) is 29.6. The Morgan fingerprint density at radius 2 is 1.00 bits per heavy atom. The van der Waals surface area contributed by atoms with E-state index >= 15 is 0 Å². The number of ether oxygens (including phenoxy) is 4. The van der Waals surface area contributed by atoms with Crippen LogP contribution in [0.1, 0.15) is 31.1 Å². The van der Waals surface area contributed by atoms with Gasteiger partial charge in [-0.05, 0) is 6.42 Å². The molecule has 1 aliphatic carbocycles. The number of aryl methyl sites for hydroxylation is 1. The van der Waals surface area contributed by atoms with Gasteiger partial charge in [-0.15, -0.1) is 0 Å². The summed E-state index contributed by atoms with van der Waals surface area (Å²) in [5, 5.41) is 55.7. The maximum absolute atomic E-state index is 14.3. The minimum absolute atomic E-state index is 0.0272. The summed E-state index contributed by atoms with van der Waals surface area (Å²) in [6, 6.07) is -1.06. The number of aliphatic hydroxyl groups is 5. The van der Waals surface area contributed by atoms with E-state index in [1.807, 2.05) is 0 Å². The number of anilines is 4. The Bertz CT molecular complexity index is 4820. The molecule has 11 heterocycles. The van der Waals surface area contributed by atoms with E-state index in [0.29, 0.717) is 0 Å². The molecule has 0 amide bonds. The van der Waals surface area contributed by atoms with Crippen molar-refractivity contribution in [3.05, 3.63) is 62.7 Å². The Morgan fingerprint density at radius 1 is 0.520 bits per heavy atom. The average Bonchev–Trinajstić information content (AvgIpc) is 1.62. The number of hydrogen-bond donors (Lipinski definition) is 17. The Morgan fingerprint density at radius 3 is 1.61 bits per heavy atom. The van der Waals surface area contributed by atoms with Crippen LogP contribution in [0.15, 0.2) is 46.0 Å². The summed E-state index contributed by atoms with van der Waals surface area (Å²) in [6.45, 7) is -4.71. The Kier molecular flexibility index (Phi) is 19.2. The largest absolute Gasteiger partial charge is 0.490 e. The molecule has 0 aromatic carbocycles. The first-order valence-electron chi connectivity index (χ1n) is 28.1. The summed E-state index contributed by atoms with van der Waals surface area (Å²) in [4.78, 5) is 131.